The van der Waals surface area contributed by atoms with Crippen LogP contribution in [0.15, 0.2) is 31.0 Å². The fraction of sp³-hybridized carbons (Fsp3) is 0.231. The number of aryl methyl sites for hydroxylation is 1. The highest BCUT2D eigenvalue weighted by molar-refractivity contribution is 6.05. The second-order valence-electron chi connectivity index (χ2n) is 4.97. The van der Waals surface area contributed by atoms with Crippen LogP contribution in [0.5, 0.6) is 0 Å². The lowest BCUT2D eigenvalue weighted by molar-refractivity contribution is -0.385. The molecule has 0 aliphatic rings. The molecule has 0 unspecified atom stereocenters. The van der Waals surface area contributed by atoms with Crippen LogP contribution in [0.4, 0.5) is 11.4 Å². The average molecular weight is 330 g/mol. The summed E-state index contributed by atoms with van der Waals surface area (Å²) in [5.41, 5.74) is 0.803. The van der Waals surface area contributed by atoms with Gasteiger partial charge in [0, 0.05) is 24.5 Å². The van der Waals surface area contributed by atoms with Crippen molar-refractivity contribution in [1.82, 2.24) is 29.8 Å². The molecule has 0 aromatic carbocycles. The Hall–Kier alpha value is -3.50. The summed E-state index contributed by atoms with van der Waals surface area (Å²) in [4.78, 5) is 22.2. The van der Waals surface area contributed by atoms with E-state index in [9.17, 15) is 14.9 Å². The van der Waals surface area contributed by atoms with Crippen molar-refractivity contribution in [3.8, 4) is 0 Å². The highest BCUT2D eigenvalue weighted by Gasteiger charge is 2.23. The number of hydrogen-bond donors (Lipinski definition) is 2. The highest BCUT2D eigenvalue weighted by atomic mass is 16.6. The summed E-state index contributed by atoms with van der Waals surface area (Å²) in [5, 5.41) is 27.5. The van der Waals surface area contributed by atoms with E-state index in [0.717, 1.165) is 18.3 Å². The molecule has 11 nitrogen and oxygen atoms in total. The van der Waals surface area contributed by atoms with Crippen LogP contribution >= 0.6 is 0 Å². The lowest BCUT2D eigenvalue weighted by Gasteiger charge is -2.00. The van der Waals surface area contributed by atoms with Crippen molar-refractivity contribution in [3.63, 3.8) is 0 Å². The Labute approximate surface area is 135 Å². The number of nitro groups is 1. The topological polar surface area (TPSA) is 137 Å². The number of carbonyl (C=O) groups is 1. The third-order valence-electron chi connectivity index (χ3n) is 3.29. The monoisotopic (exact) mass is 330 g/mol. The Morgan fingerprint density at radius 1 is 1.29 bits per heavy atom. The molecule has 3 aromatic rings. The van der Waals surface area contributed by atoms with Crippen LogP contribution in [0.2, 0.25) is 0 Å². The molecule has 0 atom stereocenters. The van der Waals surface area contributed by atoms with Crippen LogP contribution in [-0.4, -0.2) is 40.6 Å². The molecule has 0 aliphatic heterocycles. The van der Waals surface area contributed by atoms with E-state index in [-0.39, 0.29) is 11.4 Å². The van der Waals surface area contributed by atoms with Gasteiger partial charge in [0.25, 0.3) is 5.91 Å². The molecule has 0 saturated carbocycles. The Balaban J connectivity index is 1.68. The van der Waals surface area contributed by atoms with E-state index in [4.69, 9.17) is 0 Å². The minimum absolute atomic E-state index is 0.211. The SMILES string of the molecule is CCn1cc(Cn2cc(NC(=O)c3[nH]ncc3[N+](=O)[O-])cn2)cn1. The Morgan fingerprint density at radius 2 is 2.08 bits per heavy atom. The van der Waals surface area contributed by atoms with Crippen LogP contribution in [0, 0.1) is 10.1 Å². The number of nitrogens with one attached hydrogen (secondary N) is 2. The van der Waals surface area contributed by atoms with Gasteiger partial charge in [-0.1, -0.05) is 0 Å². The molecule has 3 heterocycles. The third kappa shape index (κ3) is 3.14. The van der Waals surface area contributed by atoms with E-state index in [1.807, 2.05) is 13.1 Å². The predicted molar refractivity (Wildman–Crippen MR) is 82.4 cm³/mol. The van der Waals surface area contributed by atoms with Gasteiger partial charge in [0.05, 0.1) is 29.5 Å². The molecule has 2 N–H and O–H groups in total. The number of hydrogen-bond acceptors (Lipinski definition) is 6. The predicted octanol–water partition coefficient (Wildman–Crippen LogP) is 1.03. The van der Waals surface area contributed by atoms with Crippen LogP contribution in [0.1, 0.15) is 23.0 Å². The molecule has 24 heavy (non-hydrogen) atoms. The first-order valence-corrected chi connectivity index (χ1v) is 7.09. The van der Waals surface area contributed by atoms with Gasteiger partial charge < -0.3 is 5.32 Å². The molecule has 0 spiro atoms. The van der Waals surface area contributed by atoms with E-state index >= 15 is 0 Å². The third-order valence-corrected chi connectivity index (χ3v) is 3.29. The summed E-state index contributed by atoms with van der Waals surface area (Å²) in [6.45, 7) is 3.27. The lowest BCUT2D eigenvalue weighted by Crippen LogP contribution is -2.13. The molecule has 0 saturated heterocycles. The number of H-pyrrole nitrogens is 1. The van der Waals surface area contributed by atoms with Gasteiger partial charge in [-0.3, -0.25) is 29.4 Å². The second kappa shape index (κ2) is 6.32. The zero-order chi connectivity index (χ0) is 17.1. The van der Waals surface area contributed by atoms with E-state index in [0.29, 0.717) is 12.2 Å². The van der Waals surface area contributed by atoms with Gasteiger partial charge in [0.15, 0.2) is 0 Å². The van der Waals surface area contributed by atoms with Gasteiger partial charge in [0.1, 0.15) is 6.20 Å². The van der Waals surface area contributed by atoms with Gasteiger partial charge in [-0.25, -0.2) is 0 Å². The van der Waals surface area contributed by atoms with E-state index < -0.39 is 10.8 Å². The first-order valence-electron chi connectivity index (χ1n) is 7.09. The van der Waals surface area contributed by atoms with Crippen LogP contribution in [-0.2, 0) is 13.1 Å². The maximum Gasteiger partial charge on any atom is 0.319 e. The van der Waals surface area contributed by atoms with Gasteiger partial charge in [-0.15, -0.1) is 0 Å². The normalized spacial score (nSPS) is 10.7. The summed E-state index contributed by atoms with van der Waals surface area (Å²) in [6.07, 6.45) is 7.74. The zero-order valence-corrected chi connectivity index (χ0v) is 12.7. The molecular formula is C13H14N8O3. The number of rotatable bonds is 6. The van der Waals surface area contributed by atoms with Crippen LogP contribution in [0.25, 0.3) is 0 Å². The Kier molecular flexibility index (Phi) is 4.05. The van der Waals surface area contributed by atoms with E-state index in [1.165, 1.54) is 6.20 Å². The Morgan fingerprint density at radius 3 is 2.79 bits per heavy atom. The summed E-state index contributed by atoms with van der Waals surface area (Å²) >= 11 is 0. The summed E-state index contributed by atoms with van der Waals surface area (Å²) in [6, 6.07) is 0. The molecule has 11 heteroatoms. The fourth-order valence-electron chi connectivity index (χ4n) is 2.14. The number of anilines is 1. The number of carbonyl (C=O) groups excluding carboxylic acids is 1. The quantitative estimate of drug-likeness (QED) is 0.511. The van der Waals surface area contributed by atoms with Crippen LogP contribution in [0.3, 0.4) is 0 Å². The summed E-state index contributed by atoms with van der Waals surface area (Å²) in [7, 11) is 0. The summed E-state index contributed by atoms with van der Waals surface area (Å²) < 4.78 is 3.44. The standard InChI is InChI=1S/C13H14N8O3/c1-2-19-6-9(3-15-19)7-20-8-10(4-16-20)17-13(22)12-11(21(23)24)5-14-18-12/h3-6,8H,2,7H2,1H3,(H,14,18)(H,17,22). The lowest BCUT2D eigenvalue weighted by atomic mass is 10.3. The minimum Gasteiger partial charge on any atom is -0.318 e. The van der Waals surface area contributed by atoms with Crippen molar-refractivity contribution in [2.24, 2.45) is 0 Å². The molecule has 3 rings (SSSR count). The molecule has 1 amide bonds. The first kappa shape index (κ1) is 15.4. The van der Waals surface area contributed by atoms with E-state index in [1.54, 1.807) is 21.8 Å². The molecule has 0 radical (unpaired) electrons. The largest absolute Gasteiger partial charge is 0.319 e. The van der Waals surface area contributed by atoms with Crippen molar-refractivity contribution in [2.45, 2.75) is 20.0 Å². The maximum absolute atomic E-state index is 12.1. The summed E-state index contributed by atoms with van der Waals surface area (Å²) in [5.74, 6) is -0.655. The first-order chi connectivity index (χ1) is 11.6. The molecule has 0 bridgehead atoms. The number of aromatic nitrogens is 6. The highest BCUT2D eigenvalue weighted by Crippen LogP contribution is 2.16. The van der Waals surface area contributed by atoms with Crippen molar-refractivity contribution in [2.75, 3.05) is 5.32 Å². The zero-order valence-electron chi connectivity index (χ0n) is 12.7. The smallest absolute Gasteiger partial charge is 0.318 e. The van der Waals surface area contributed by atoms with E-state index in [2.05, 4.69) is 25.7 Å². The van der Waals surface area contributed by atoms with Crippen molar-refractivity contribution in [1.29, 1.82) is 0 Å². The second-order valence-corrected chi connectivity index (χ2v) is 4.97. The molecule has 3 aromatic heterocycles. The maximum atomic E-state index is 12.1. The Bertz CT molecular complexity index is 877. The van der Waals surface area contributed by atoms with Crippen molar-refractivity contribution in [3.05, 3.63) is 52.4 Å². The van der Waals surface area contributed by atoms with Gasteiger partial charge in [0.2, 0.25) is 5.69 Å². The number of amides is 1. The minimum atomic E-state index is -0.673. The van der Waals surface area contributed by atoms with Gasteiger partial charge >= 0.3 is 5.69 Å². The number of nitrogens with zero attached hydrogens (tertiary/aromatic N) is 6. The van der Waals surface area contributed by atoms with Crippen molar-refractivity contribution >= 4 is 17.3 Å². The molecule has 0 aliphatic carbocycles. The number of aromatic amines is 1. The molecular weight excluding hydrogens is 316 g/mol. The molecule has 124 valence electrons. The average Bonchev–Trinajstić information content (AvgIpc) is 3.27. The van der Waals surface area contributed by atoms with Crippen molar-refractivity contribution < 1.29 is 9.72 Å². The van der Waals surface area contributed by atoms with Gasteiger partial charge in [-0.05, 0) is 6.92 Å². The van der Waals surface area contributed by atoms with Gasteiger partial charge in [-0.2, -0.15) is 15.3 Å². The molecule has 0 fully saturated rings. The van der Waals surface area contributed by atoms with Crippen LogP contribution < -0.4 is 5.32 Å². The fourth-order valence-corrected chi connectivity index (χ4v) is 2.14.